The van der Waals surface area contributed by atoms with Crippen LogP contribution < -0.4 is 0 Å². The summed E-state index contributed by atoms with van der Waals surface area (Å²) < 4.78 is 5.37. The van der Waals surface area contributed by atoms with E-state index in [1.807, 2.05) is 13.8 Å². The predicted octanol–water partition coefficient (Wildman–Crippen LogP) is 2.53. The summed E-state index contributed by atoms with van der Waals surface area (Å²) in [6.45, 7) is 14.1. The zero-order valence-corrected chi connectivity index (χ0v) is 14.2. The number of carboxylic acids is 1. The Morgan fingerprint density at radius 3 is 2.17 bits per heavy atom. The number of amides is 2. The van der Waals surface area contributed by atoms with E-state index in [1.54, 1.807) is 0 Å². The van der Waals surface area contributed by atoms with Crippen LogP contribution in [-0.2, 0) is 19.1 Å². The molecule has 0 rings (SSSR count). The van der Waals surface area contributed by atoms with E-state index in [9.17, 15) is 14.4 Å². The molecule has 0 fully saturated rings. The van der Waals surface area contributed by atoms with Crippen molar-refractivity contribution in [2.45, 2.75) is 34.1 Å². The average molecular weight is 323 g/mol. The number of allylic oxidation sites excluding steroid dienone is 1. The molecule has 0 aromatic heterocycles. The second kappa shape index (κ2) is 9.74. The lowest BCUT2D eigenvalue weighted by atomic mass is 10.1. The molecule has 0 aliphatic heterocycles. The van der Waals surface area contributed by atoms with Crippen LogP contribution in [0, 0.1) is 5.92 Å². The maximum absolute atomic E-state index is 12.4. The van der Waals surface area contributed by atoms with E-state index in [2.05, 4.69) is 13.2 Å². The van der Waals surface area contributed by atoms with Crippen LogP contribution in [0.25, 0.3) is 0 Å². The smallest absolute Gasteiger partial charge is 0.331 e. The Bertz CT molecular complexity index is 531. The zero-order chi connectivity index (χ0) is 18.2. The van der Waals surface area contributed by atoms with Crippen molar-refractivity contribution in [2.24, 2.45) is 5.92 Å². The van der Waals surface area contributed by atoms with E-state index in [1.165, 1.54) is 19.9 Å². The second-order valence-corrected chi connectivity index (χ2v) is 5.71. The predicted molar refractivity (Wildman–Crippen MR) is 87.5 cm³/mol. The molecule has 6 heteroatoms. The molecule has 0 aromatic carbocycles. The van der Waals surface area contributed by atoms with Gasteiger partial charge in [-0.05, 0) is 26.2 Å². The molecule has 128 valence electrons. The third-order valence-electron chi connectivity index (χ3n) is 2.82. The molecule has 0 aromatic rings. The van der Waals surface area contributed by atoms with Gasteiger partial charge >= 0.3 is 5.97 Å². The summed E-state index contributed by atoms with van der Waals surface area (Å²) in [5.74, 6) is -1.93. The molecule has 0 aliphatic rings. The van der Waals surface area contributed by atoms with Crippen molar-refractivity contribution in [3.63, 3.8) is 0 Å². The Kier molecular flexibility index (Phi) is 8.80. The van der Waals surface area contributed by atoms with Crippen molar-refractivity contribution in [1.82, 2.24) is 4.90 Å². The van der Waals surface area contributed by atoms with Gasteiger partial charge in [0.15, 0.2) is 0 Å². The summed E-state index contributed by atoms with van der Waals surface area (Å²) in [5, 5.41) is 8.76. The highest BCUT2D eigenvalue weighted by molar-refractivity contribution is 6.09. The Morgan fingerprint density at radius 1 is 1.17 bits per heavy atom. The van der Waals surface area contributed by atoms with E-state index in [4.69, 9.17) is 9.84 Å². The molecule has 0 unspecified atom stereocenters. The number of imide groups is 1. The van der Waals surface area contributed by atoms with Crippen LogP contribution in [0.15, 0.2) is 36.0 Å². The van der Waals surface area contributed by atoms with Crippen molar-refractivity contribution >= 4 is 17.8 Å². The quantitative estimate of drug-likeness (QED) is 0.521. The number of aliphatic carboxylic acids is 1. The number of rotatable bonds is 9. The van der Waals surface area contributed by atoms with Gasteiger partial charge in [-0.1, -0.05) is 33.1 Å². The topological polar surface area (TPSA) is 83.9 Å². The van der Waals surface area contributed by atoms with E-state index >= 15 is 0 Å². The minimum Gasteiger partial charge on any atom is -0.478 e. The van der Waals surface area contributed by atoms with Crippen LogP contribution >= 0.6 is 0 Å². The van der Waals surface area contributed by atoms with E-state index in [0.717, 1.165) is 4.90 Å². The van der Waals surface area contributed by atoms with Gasteiger partial charge in [0.2, 0.25) is 0 Å². The van der Waals surface area contributed by atoms with Gasteiger partial charge in [0.1, 0.15) is 6.73 Å². The fraction of sp³-hybridized carbons (Fsp3) is 0.471. The van der Waals surface area contributed by atoms with Gasteiger partial charge in [0.25, 0.3) is 11.8 Å². The Morgan fingerprint density at radius 2 is 1.74 bits per heavy atom. The summed E-state index contributed by atoms with van der Waals surface area (Å²) in [7, 11) is 0. The Labute approximate surface area is 137 Å². The average Bonchev–Trinajstić information content (AvgIpc) is 2.46. The highest BCUT2D eigenvalue weighted by Gasteiger charge is 2.23. The van der Waals surface area contributed by atoms with E-state index in [0.29, 0.717) is 6.61 Å². The highest BCUT2D eigenvalue weighted by Crippen LogP contribution is 2.10. The number of hydrogen-bond acceptors (Lipinski definition) is 4. The summed E-state index contributed by atoms with van der Waals surface area (Å²) >= 11 is 0. The van der Waals surface area contributed by atoms with Crippen LogP contribution in [0.2, 0.25) is 0 Å². The van der Waals surface area contributed by atoms with Gasteiger partial charge in [-0.2, -0.15) is 0 Å². The molecule has 0 saturated heterocycles. The van der Waals surface area contributed by atoms with Gasteiger partial charge in [-0.15, -0.1) is 0 Å². The Hall–Kier alpha value is -2.21. The molecule has 0 radical (unpaired) electrons. The number of carbonyl (C=O) groups is 3. The number of ether oxygens (including phenoxy) is 1. The first-order chi connectivity index (χ1) is 10.6. The molecule has 0 atom stereocenters. The maximum atomic E-state index is 12.4. The van der Waals surface area contributed by atoms with Gasteiger partial charge in [0, 0.05) is 16.7 Å². The first-order valence-corrected chi connectivity index (χ1v) is 7.25. The molecule has 2 amide bonds. The first-order valence-electron chi connectivity index (χ1n) is 7.25. The van der Waals surface area contributed by atoms with Crippen molar-refractivity contribution < 1.29 is 24.2 Å². The molecular weight excluding hydrogens is 298 g/mol. The van der Waals surface area contributed by atoms with Crippen molar-refractivity contribution in [3.05, 3.63) is 36.0 Å². The minimum absolute atomic E-state index is 0.0227. The van der Waals surface area contributed by atoms with Crippen LogP contribution in [0.1, 0.15) is 34.1 Å². The molecule has 0 aliphatic carbocycles. The number of hydrogen-bond donors (Lipinski definition) is 1. The second-order valence-electron chi connectivity index (χ2n) is 5.71. The standard InChI is InChI=1S/C17H25NO5/c1-11(2)9-23-10-18(15(19)12(3)4)16(20)13(5)7-8-14(6)17(21)22/h7,11H,3,6,8-10H2,1-2,4-5H3,(H,21,22). The summed E-state index contributed by atoms with van der Waals surface area (Å²) in [6, 6.07) is 0. The lowest BCUT2D eigenvalue weighted by Gasteiger charge is -2.22. The Balaban J connectivity index is 5.06. The molecule has 0 spiro atoms. The summed E-state index contributed by atoms with van der Waals surface area (Å²) in [6.07, 6.45) is 1.45. The monoisotopic (exact) mass is 323 g/mol. The van der Waals surface area contributed by atoms with Gasteiger partial charge in [-0.25, -0.2) is 4.79 Å². The summed E-state index contributed by atoms with van der Waals surface area (Å²) in [4.78, 5) is 36.2. The van der Waals surface area contributed by atoms with Crippen molar-refractivity contribution in [1.29, 1.82) is 0 Å². The SMILES string of the molecule is C=C(C)C(=O)N(COCC(C)C)C(=O)C(C)=CCC(=C)C(=O)O. The van der Waals surface area contributed by atoms with Crippen LogP contribution in [0.4, 0.5) is 0 Å². The minimum atomic E-state index is -1.13. The maximum Gasteiger partial charge on any atom is 0.331 e. The first kappa shape index (κ1) is 20.8. The molecular formula is C17H25NO5. The molecule has 23 heavy (non-hydrogen) atoms. The van der Waals surface area contributed by atoms with E-state index < -0.39 is 17.8 Å². The molecule has 0 saturated carbocycles. The number of carboxylic acid groups (broad SMARTS) is 1. The van der Waals surface area contributed by atoms with Crippen molar-refractivity contribution in [3.8, 4) is 0 Å². The van der Waals surface area contributed by atoms with Crippen LogP contribution in [0.5, 0.6) is 0 Å². The third-order valence-corrected chi connectivity index (χ3v) is 2.82. The van der Waals surface area contributed by atoms with Gasteiger partial charge < -0.3 is 9.84 Å². The van der Waals surface area contributed by atoms with Gasteiger partial charge in [-0.3, -0.25) is 14.5 Å². The van der Waals surface area contributed by atoms with Crippen LogP contribution in [-0.4, -0.2) is 41.1 Å². The fourth-order valence-corrected chi connectivity index (χ4v) is 1.48. The molecule has 0 bridgehead atoms. The molecule has 6 nitrogen and oxygen atoms in total. The molecule has 1 N–H and O–H groups in total. The fourth-order valence-electron chi connectivity index (χ4n) is 1.48. The third kappa shape index (κ3) is 7.56. The lowest BCUT2D eigenvalue weighted by Crippen LogP contribution is -2.39. The normalized spacial score (nSPS) is 11.3. The van der Waals surface area contributed by atoms with E-state index in [-0.39, 0.29) is 35.8 Å². The highest BCUT2D eigenvalue weighted by atomic mass is 16.5. The summed E-state index contributed by atoms with van der Waals surface area (Å²) in [5.41, 5.74) is 0.426. The van der Waals surface area contributed by atoms with Gasteiger partial charge in [0.05, 0.1) is 6.61 Å². The largest absolute Gasteiger partial charge is 0.478 e. The van der Waals surface area contributed by atoms with Crippen molar-refractivity contribution in [2.75, 3.05) is 13.3 Å². The molecule has 0 heterocycles. The number of carbonyl (C=O) groups excluding carboxylic acids is 2. The lowest BCUT2D eigenvalue weighted by molar-refractivity contribution is -0.146. The number of nitrogens with zero attached hydrogens (tertiary/aromatic N) is 1. The zero-order valence-electron chi connectivity index (χ0n) is 14.2. The van der Waals surface area contributed by atoms with Crippen LogP contribution in [0.3, 0.4) is 0 Å².